The van der Waals surface area contributed by atoms with Gasteiger partial charge < -0.3 is 0 Å². The summed E-state index contributed by atoms with van der Waals surface area (Å²) in [7, 11) is 0. The summed E-state index contributed by atoms with van der Waals surface area (Å²) in [6.07, 6.45) is 4.07. The highest BCUT2D eigenvalue weighted by Crippen LogP contribution is 2.02. The van der Waals surface area contributed by atoms with Crippen LogP contribution in [0.15, 0.2) is 12.4 Å². The number of rotatable bonds is 1. The summed E-state index contributed by atoms with van der Waals surface area (Å²) in [5, 5.41) is 0.590. The Morgan fingerprint density at radius 2 is 1.73 bits per heavy atom. The van der Waals surface area contributed by atoms with Gasteiger partial charge in [0.2, 0.25) is 0 Å². The molecule has 1 heterocycles. The van der Waals surface area contributed by atoms with Gasteiger partial charge in [0.15, 0.2) is 0 Å². The molecule has 11 heavy (non-hydrogen) atoms. The van der Waals surface area contributed by atoms with Crippen molar-refractivity contribution in [2.75, 3.05) is 0 Å². The Bertz CT molecular complexity index is 184. The number of hydrogen-bond donors (Lipinski definition) is 0. The van der Waals surface area contributed by atoms with E-state index >= 15 is 0 Å². The van der Waals surface area contributed by atoms with E-state index in [0.717, 1.165) is 12.2 Å². The van der Waals surface area contributed by atoms with Crippen molar-refractivity contribution < 1.29 is 0 Å². The molecule has 0 amide bonds. The Hall–Kier alpha value is -0.630. The maximum absolute atomic E-state index is 5.54. The molecule has 0 spiro atoms. The topological polar surface area (TPSA) is 25.8 Å². The van der Waals surface area contributed by atoms with E-state index in [9.17, 15) is 0 Å². The Balaban J connectivity index is 0.000000461. The number of halogens is 1. The van der Waals surface area contributed by atoms with Crippen LogP contribution in [-0.2, 0) is 6.42 Å². The van der Waals surface area contributed by atoms with E-state index < -0.39 is 0 Å². The molecule has 3 heteroatoms. The molecule has 0 radical (unpaired) electrons. The third-order valence-corrected chi connectivity index (χ3v) is 1.19. The van der Waals surface area contributed by atoms with Crippen LogP contribution in [-0.4, -0.2) is 9.97 Å². The fourth-order valence-electron chi connectivity index (χ4n) is 0.522. The van der Waals surface area contributed by atoms with Crippen LogP contribution in [0.5, 0.6) is 0 Å². The van der Waals surface area contributed by atoms with E-state index in [4.69, 9.17) is 11.6 Å². The molecule has 0 aliphatic rings. The molecular weight excluding hydrogens is 160 g/mol. The summed E-state index contributed by atoms with van der Waals surface area (Å²) in [5.41, 5.74) is 0. The normalized spacial score (nSPS) is 8.36. The van der Waals surface area contributed by atoms with E-state index in [1.807, 2.05) is 20.8 Å². The maximum Gasteiger partial charge on any atom is 0.128 e. The van der Waals surface area contributed by atoms with Crippen LogP contribution in [0.25, 0.3) is 0 Å². The molecule has 2 nitrogen and oxygen atoms in total. The van der Waals surface area contributed by atoms with E-state index in [2.05, 4.69) is 9.97 Å². The van der Waals surface area contributed by atoms with Gasteiger partial charge in [-0.15, -0.1) is 0 Å². The second-order valence-electron chi connectivity index (χ2n) is 1.67. The Labute approximate surface area is 72.6 Å². The van der Waals surface area contributed by atoms with Gasteiger partial charge in [0.1, 0.15) is 5.82 Å². The van der Waals surface area contributed by atoms with Crippen molar-refractivity contribution in [1.82, 2.24) is 9.97 Å². The molecule has 0 saturated heterocycles. The molecule has 0 atom stereocenters. The van der Waals surface area contributed by atoms with Gasteiger partial charge in [-0.3, -0.25) is 0 Å². The molecule has 1 aromatic heterocycles. The highest BCUT2D eigenvalue weighted by molar-refractivity contribution is 6.30. The largest absolute Gasteiger partial charge is 0.240 e. The average Bonchev–Trinajstić information content (AvgIpc) is 2.10. The van der Waals surface area contributed by atoms with Crippen LogP contribution in [0.4, 0.5) is 0 Å². The average molecular weight is 173 g/mol. The minimum Gasteiger partial charge on any atom is -0.240 e. The van der Waals surface area contributed by atoms with Gasteiger partial charge in [0, 0.05) is 18.8 Å². The van der Waals surface area contributed by atoms with Crippen LogP contribution in [0.1, 0.15) is 26.6 Å². The third-order valence-electron chi connectivity index (χ3n) is 0.990. The monoisotopic (exact) mass is 172 g/mol. The number of hydrogen-bond acceptors (Lipinski definition) is 2. The van der Waals surface area contributed by atoms with Crippen molar-refractivity contribution in [1.29, 1.82) is 0 Å². The predicted molar refractivity (Wildman–Crippen MR) is 47.8 cm³/mol. The summed E-state index contributed by atoms with van der Waals surface area (Å²) in [5.74, 6) is 0.833. The molecule has 0 aromatic carbocycles. The zero-order chi connectivity index (χ0) is 8.69. The highest BCUT2D eigenvalue weighted by Gasteiger charge is 1.89. The molecule has 0 bridgehead atoms. The summed E-state index contributed by atoms with van der Waals surface area (Å²) < 4.78 is 0. The van der Waals surface area contributed by atoms with Gasteiger partial charge in [-0.05, 0) is 0 Å². The number of nitrogens with zero attached hydrogens (tertiary/aromatic N) is 2. The maximum atomic E-state index is 5.54. The lowest BCUT2D eigenvalue weighted by Crippen LogP contribution is -1.89. The molecular formula is C8H13ClN2. The van der Waals surface area contributed by atoms with Gasteiger partial charge in [-0.25, -0.2) is 9.97 Å². The molecule has 0 aliphatic carbocycles. The van der Waals surface area contributed by atoms with Crippen molar-refractivity contribution >= 4 is 11.6 Å². The van der Waals surface area contributed by atoms with E-state index in [0.29, 0.717) is 5.02 Å². The molecule has 0 fully saturated rings. The van der Waals surface area contributed by atoms with E-state index in [1.165, 1.54) is 0 Å². The van der Waals surface area contributed by atoms with Gasteiger partial charge in [0.25, 0.3) is 0 Å². The quantitative estimate of drug-likeness (QED) is 0.651. The molecule has 0 aliphatic heterocycles. The van der Waals surface area contributed by atoms with Crippen LogP contribution in [0.3, 0.4) is 0 Å². The summed E-state index contributed by atoms with van der Waals surface area (Å²) in [6, 6.07) is 0. The smallest absolute Gasteiger partial charge is 0.128 e. The molecule has 1 aromatic rings. The first kappa shape index (κ1) is 10.4. The predicted octanol–water partition coefficient (Wildman–Crippen LogP) is 2.72. The first-order valence-corrected chi connectivity index (χ1v) is 4.17. The Morgan fingerprint density at radius 1 is 1.27 bits per heavy atom. The van der Waals surface area contributed by atoms with Crippen molar-refractivity contribution in [3.63, 3.8) is 0 Å². The zero-order valence-corrected chi connectivity index (χ0v) is 7.89. The molecule has 0 unspecified atom stereocenters. The van der Waals surface area contributed by atoms with Gasteiger partial charge in [-0.1, -0.05) is 32.4 Å². The van der Waals surface area contributed by atoms with Crippen molar-refractivity contribution in [2.24, 2.45) is 0 Å². The highest BCUT2D eigenvalue weighted by atomic mass is 35.5. The molecule has 0 saturated carbocycles. The van der Waals surface area contributed by atoms with Crippen LogP contribution in [0.2, 0.25) is 5.02 Å². The van der Waals surface area contributed by atoms with Gasteiger partial charge >= 0.3 is 0 Å². The van der Waals surface area contributed by atoms with E-state index in [-0.39, 0.29) is 0 Å². The van der Waals surface area contributed by atoms with Gasteiger partial charge in [-0.2, -0.15) is 0 Å². The van der Waals surface area contributed by atoms with Gasteiger partial charge in [0.05, 0.1) is 5.02 Å². The fraction of sp³-hybridized carbons (Fsp3) is 0.500. The summed E-state index contributed by atoms with van der Waals surface area (Å²) in [4.78, 5) is 7.91. The van der Waals surface area contributed by atoms with Crippen LogP contribution >= 0.6 is 11.6 Å². The molecule has 1 rings (SSSR count). The van der Waals surface area contributed by atoms with Crippen molar-refractivity contribution in [3.05, 3.63) is 23.2 Å². The standard InChI is InChI=1S/C6H7ClN2.C2H6/c1-2-6-8-3-5(7)4-9-6;1-2/h3-4H,2H2,1H3;1-2H3. The lowest BCUT2D eigenvalue weighted by Gasteiger charge is -1.91. The lowest BCUT2D eigenvalue weighted by molar-refractivity contribution is 0.939. The second kappa shape index (κ2) is 6.10. The van der Waals surface area contributed by atoms with Crippen LogP contribution in [0, 0.1) is 0 Å². The summed E-state index contributed by atoms with van der Waals surface area (Å²) >= 11 is 5.54. The first-order valence-electron chi connectivity index (χ1n) is 3.79. The minimum absolute atomic E-state index is 0.590. The Morgan fingerprint density at radius 3 is 2.09 bits per heavy atom. The van der Waals surface area contributed by atoms with Crippen molar-refractivity contribution in [3.8, 4) is 0 Å². The fourth-order valence-corrected chi connectivity index (χ4v) is 0.619. The lowest BCUT2D eigenvalue weighted by atomic mass is 10.4. The minimum atomic E-state index is 0.590. The first-order chi connectivity index (χ1) is 5.33. The zero-order valence-electron chi connectivity index (χ0n) is 7.13. The SMILES string of the molecule is CC.CCc1ncc(Cl)cn1. The summed E-state index contributed by atoms with van der Waals surface area (Å²) in [6.45, 7) is 6.00. The molecule has 62 valence electrons. The molecule has 0 N–H and O–H groups in total. The van der Waals surface area contributed by atoms with Crippen LogP contribution < -0.4 is 0 Å². The number of aryl methyl sites for hydroxylation is 1. The second-order valence-corrected chi connectivity index (χ2v) is 2.11. The van der Waals surface area contributed by atoms with Crippen molar-refractivity contribution in [2.45, 2.75) is 27.2 Å². The Kier molecular flexibility index (Phi) is 5.75. The third kappa shape index (κ3) is 3.94. The number of aromatic nitrogens is 2. The van der Waals surface area contributed by atoms with E-state index in [1.54, 1.807) is 12.4 Å².